The highest BCUT2D eigenvalue weighted by atomic mass is 31.2. The maximum atomic E-state index is 10.7. The largest absolute Gasteiger partial charge is 0.507 e. The minimum absolute atomic E-state index is 0.152. The van der Waals surface area contributed by atoms with Gasteiger partial charge in [-0.2, -0.15) is 0 Å². The summed E-state index contributed by atoms with van der Waals surface area (Å²) in [5, 5.41) is 11.1. The normalized spacial score (nSPS) is 11.4. The minimum Gasteiger partial charge on any atom is -0.507 e. The molecule has 0 amide bonds. The fourth-order valence-electron chi connectivity index (χ4n) is 1.66. The zero-order chi connectivity index (χ0) is 15.2. The van der Waals surface area contributed by atoms with Gasteiger partial charge in [-0.1, -0.05) is 32.1 Å². The molecule has 5 nitrogen and oxygen atoms in total. The van der Waals surface area contributed by atoms with Crippen molar-refractivity contribution in [2.24, 2.45) is 0 Å². The third-order valence-corrected chi connectivity index (χ3v) is 3.16. The fraction of sp³-hybridized carbons (Fsp3) is 0.214. The van der Waals surface area contributed by atoms with E-state index < -0.39 is 7.60 Å². The number of aromatic hydroxyl groups is 1. The van der Waals surface area contributed by atoms with Crippen LogP contribution in [0, 0.1) is 0 Å². The number of hydrogen-bond donors (Lipinski definition) is 3. The lowest BCUT2D eigenvalue weighted by Gasteiger charge is -2.04. The first-order chi connectivity index (χ1) is 9.47. The van der Waals surface area contributed by atoms with Crippen LogP contribution < -0.4 is 0 Å². The second-order valence-corrected chi connectivity index (χ2v) is 5.54. The Labute approximate surface area is 117 Å². The van der Waals surface area contributed by atoms with E-state index in [1.165, 1.54) is 6.08 Å². The van der Waals surface area contributed by atoms with Crippen molar-refractivity contribution in [2.75, 3.05) is 6.16 Å². The van der Waals surface area contributed by atoms with Crippen LogP contribution in [0.15, 0.2) is 36.7 Å². The number of phenols is 1. The van der Waals surface area contributed by atoms with E-state index in [0.717, 1.165) is 10.9 Å². The van der Waals surface area contributed by atoms with Crippen molar-refractivity contribution in [3.05, 3.63) is 42.2 Å². The topological polar surface area (TPSA) is 90.7 Å². The van der Waals surface area contributed by atoms with Crippen LogP contribution in [0.4, 0.5) is 0 Å². The highest BCUT2D eigenvalue weighted by Gasteiger charge is 2.09. The summed E-state index contributed by atoms with van der Waals surface area (Å²) in [7, 11) is -4.02. The molecule has 6 heteroatoms. The molecule has 0 radical (unpaired) electrons. The molecular weight excluding hydrogens is 277 g/mol. The van der Waals surface area contributed by atoms with Gasteiger partial charge in [0.25, 0.3) is 0 Å². The van der Waals surface area contributed by atoms with Gasteiger partial charge in [0.15, 0.2) is 0 Å². The van der Waals surface area contributed by atoms with Crippen LogP contribution >= 0.6 is 7.60 Å². The third-order valence-electron chi connectivity index (χ3n) is 2.47. The molecule has 0 unspecified atom stereocenters. The molecule has 2 aromatic rings. The van der Waals surface area contributed by atoms with Gasteiger partial charge in [0.2, 0.25) is 0 Å². The summed E-state index contributed by atoms with van der Waals surface area (Å²) in [4.78, 5) is 21.5. The van der Waals surface area contributed by atoms with Gasteiger partial charge in [0.1, 0.15) is 5.75 Å². The van der Waals surface area contributed by atoms with Crippen LogP contribution in [0.2, 0.25) is 0 Å². The van der Waals surface area contributed by atoms with Crippen LogP contribution in [0.5, 0.6) is 5.75 Å². The van der Waals surface area contributed by atoms with E-state index in [0.29, 0.717) is 5.39 Å². The molecule has 0 fully saturated rings. The number of hydrogen-bond acceptors (Lipinski definition) is 3. The van der Waals surface area contributed by atoms with Crippen LogP contribution in [-0.2, 0) is 4.57 Å². The van der Waals surface area contributed by atoms with Crippen molar-refractivity contribution in [2.45, 2.75) is 13.8 Å². The standard InChI is InChI=1S/C12H12NO4P.C2H6/c14-12-4-3-9(2-1-7-18(15,16)17)11-8-13-6-5-10(11)12;1-2/h1-6,8,14H,7H2,(H2,15,16,17);1-2H3/b2-1+;. The lowest BCUT2D eigenvalue weighted by Crippen LogP contribution is -1.84. The molecule has 0 spiro atoms. The number of pyridine rings is 1. The third kappa shape index (κ3) is 4.46. The van der Waals surface area contributed by atoms with Gasteiger partial charge >= 0.3 is 7.60 Å². The van der Waals surface area contributed by atoms with E-state index in [9.17, 15) is 9.67 Å². The van der Waals surface area contributed by atoms with Crippen molar-refractivity contribution in [3.63, 3.8) is 0 Å². The van der Waals surface area contributed by atoms with Gasteiger partial charge in [-0.25, -0.2) is 0 Å². The second kappa shape index (κ2) is 7.20. The van der Waals surface area contributed by atoms with E-state index in [4.69, 9.17) is 9.79 Å². The molecule has 1 heterocycles. The van der Waals surface area contributed by atoms with Gasteiger partial charge in [0, 0.05) is 23.2 Å². The summed E-state index contributed by atoms with van der Waals surface area (Å²) in [5.41, 5.74) is 0.754. The predicted molar refractivity (Wildman–Crippen MR) is 80.7 cm³/mol. The molecule has 0 saturated carbocycles. The van der Waals surface area contributed by atoms with Gasteiger partial charge in [-0.15, -0.1) is 0 Å². The molecule has 20 heavy (non-hydrogen) atoms. The first kappa shape index (κ1) is 16.4. The molecule has 0 aliphatic carbocycles. The molecule has 0 atom stereocenters. The molecule has 0 aliphatic rings. The van der Waals surface area contributed by atoms with Crippen molar-refractivity contribution in [1.29, 1.82) is 0 Å². The summed E-state index contributed by atoms with van der Waals surface area (Å²) in [6.07, 6.45) is 5.90. The van der Waals surface area contributed by atoms with E-state index in [1.54, 1.807) is 36.7 Å². The summed E-state index contributed by atoms with van der Waals surface area (Å²) in [6.45, 7) is 4.00. The van der Waals surface area contributed by atoms with Crippen molar-refractivity contribution in [1.82, 2.24) is 4.98 Å². The van der Waals surface area contributed by atoms with Gasteiger partial charge in [-0.05, 0) is 17.7 Å². The zero-order valence-corrected chi connectivity index (χ0v) is 12.3. The Hall–Kier alpha value is -1.68. The van der Waals surface area contributed by atoms with Crippen molar-refractivity contribution in [3.8, 4) is 5.75 Å². The summed E-state index contributed by atoms with van der Waals surface area (Å²) in [6, 6.07) is 4.90. The monoisotopic (exact) mass is 295 g/mol. The number of rotatable bonds is 3. The predicted octanol–water partition coefficient (Wildman–Crippen LogP) is 3.16. The lowest BCUT2D eigenvalue weighted by atomic mass is 10.1. The molecule has 1 aromatic carbocycles. The Kier molecular flexibility index (Phi) is 5.89. The first-order valence-corrected chi connectivity index (χ1v) is 8.04. The Balaban J connectivity index is 0.000000956. The van der Waals surface area contributed by atoms with Crippen molar-refractivity contribution < 1.29 is 19.5 Å². The van der Waals surface area contributed by atoms with E-state index in [2.05, 4.69) is 4.98 Å². The summed E-state index contributed by atoms with van der Waals surface area (Å²) < 4.78 is 10.7. The van der Waals surface area contributed by atoms with E-state index in [-0.39, 0.29) is 11.9 Å². The number of aromatic nitrogens is 1. The Morgan fingerprint density at radius 3 is 2.55 bits per heavy atom. The molecule has 1 aromatic heterocycles. The molecule has 0 bridgehead atoms. The average Bonchev–Trinajstić information content (AvgIpc) is 2.43. The Morgan fingerprint density at radius 1 is 1.20 bits per heavy atom. The number of allylic oxidation sites excluding steroid dienone is 1. The molecule has 2 rings (SSSR count). The number of fused-ring (bicyclic) bond motifs is 1. The highest BCUT2D eigenvalue weighted by molar-refractivity contribution is 7.51. The van der Waals surface area contributed by atoms with Crippen LogP contribution in [0.25, 0.3) is 16.8 Å². The molecule has 3 N–H and O–H groups in total. The fourth-order valence-corrected chi connectivity index (χ4v) is 2.04. The summed E-state index contributed by atoms with van der Waals surface area (Å²) in [5.74, 6) is 0.152. The van der Waals surface area contributed by atoms with E-state index >= 15 is 0 Å². The SMILES string of the molecule is CC.O=P(O)(O)C/C=C/c1ccc(O)c2ccncc12. The second-order valence-electron chi connectivity index (χ2n) is 3.84. The average molecular weight is 295 g/mol. The lowest BCUT2D eigenvalue weighted by molar-refractivity contribution is 0.377. The minimum atomic E-state index is -4.02. The maximum Gasteiger partial charge on any atom is 0.329 e. The maximum absolute atomic E-state index is 10.7. The van der Waals surface area contributed by atoms with Gasteiger partial charge < -0.3 is 14.9 Å². The first-order valence-electron chi connectivity index (χ1n) is 6.24. The van der Waals surface area contributed by atoms with Gasteiger partial charge in [-0.3, -0.25) is 9.55 Å². The molecule has 108 valence electrons. The van der Waals surface area contributed by atoms with Crippen LogP contribution in [0.3, 0.4) is 0 Å². The molecule has 0 saturated heterocycles. The summed E-state index contributed by atoms with van der Waals surface area (Å²) >= 11 is 0. The Bertz CT molecular complexity index is 649. The van der Waals surface area contributed by atoms with Crippen molar-refractivity contribution >= 4 is 24.4 Å². The van der Waals surface area contributed by atoms with Crippen LogP contribution in [0.1, 0.15) is 19.4 Å². The molecule has 0 aliphatic heterocycles. The van der Waals surface area contributed by atoms with Gasteiger partial charge in [0.05, 0.1) is 6.16 Å². The quantitative estimate of drug-likeness (QED) is 0.757. The number of nitrogens with zero attached hydrogens (tertiary/aromatic N) is 1. The van der Waals surface area contributed by atoms with Crippen LogP contribution in [-0.4, -0.2) is 26.0 Å². The number of benzene rings is 1. The molecular formula is C14H18NO4P. The number of phenolic OH excluding ortho intramolecular Hbond substituents is 1. The smallest absolute Gasteiger partial charge is 0.329 e. The highest BCUT2D eigenvalue weighted by Crippen LogP contribution is 2.34. The Morgan fingerprint density at radius 2 is 1.90 bits per heavy atom. The zero-order valence-electron chi connectivity index (χ0n) is 11.4. The van der Waals surface area contributed by atoms with E-state index in [1.807, 2.05) is 13.8 Å².